The highest BCUT2D eigenvalue weighted by atomic mass is 19.4. The molecule has 1 aliphatic rings. The lowest BCUT2D eigenvalue weighted by Crippen LogP contribution is -2.52. The van der Waals surface area contributed by atoms with Gasteiger partial charge in [0.2, 0.25) is 11.8 Å². The number of aliphatic hydroxyl groups excluding tert-OH is 1. The molecule has 0 atom stereocenters. The van der Waals surface area contributed by atoms with E-state index in [1.165, 1.54) is 0 Å². The lowest BCUT2D eigenvalue weighted by atomic mass is 10.0. The molecule has 0 aliphatic carbocycles. The maximum atomic E-state index is 12.4. The SMILES string of the molecule is O=C(C(C(F)(F)F)C(F)(F)F)N1CCC(OCCO)CC1. The standard InChI is InChI=1S/C11H15F6NO3/c12-10(13,14)8(11(15,16)17)9(20)18-3-1-7(2-4-18)21-6-5-19/h7-8,19H,1-6H2. The summed E-state index contributed by atoms with van der Waals surface area (Å²) in [6.45, 7) is -0.676. The van der Waals surface area contributed by atoms with E-state index in [9.17, 15) is 31.1 Å². The van der Waals surface area contributed by atoms with Crippen molar-refractivity contribution < 1.29 is 41.0 Å². The smallest absolute Gasteiger partial charge is 0.394 e. The largest absolute Gasteiger partial charge is 0.409 e. The zero-order valence-corrected chi connectivity index (χ0v) is 10.9. The first-order valence-electron chi connectivity index (χ1n) is 6.22. The molecule has 21 heavy (non-hydrogen) atoms. The Morgan fingerprint density at radius 3 is 2.00 bits per heavy atom. The number of aliphatic hydroxyl groups is 1. The fraction of sp³-hybridized carbons (Fsp3) is 0.909. The van der Waals surface area contributed by atoms with Crippen molar-refractivity contribution in [1.82, 2.24) is 4.90 Å². The first-order chi connectivity index (χ1) is 9.57. The van der Waals surface area contributed by atoms with Crippen molar-refractivity contribution in [3.8, 4) is 0 Å². The molecule has 0 bridgehead atoms. The maximum Gasteiger partial charge on any atom is 0.409 e. The van der Waals surface area contributed by atoms with Crippen molar-refractivity contribution in [2.24, 2.45) is 5.92 Å². The first kappa shape index (κ1) is 18.0. The van der Waals surface area contributed by atoms with Crippen LogP contribution in [0.1, 0.15) is 12.8 Å². The van der Waals surface area contributed by atoms with Gasteiger partial charge in [-0.15, -0.1) is 0 Å². The van der Waals surface area contributed by atoms with Crippen molar-refractivity contribution in [3.05, 3.63) is 0 Å². The molecule has 0 aromatic heterocycles. The predicted molar refractivity (Wildman–Crippen MR) is 58.2 cm³/mol. The number of amides is 1. The van der Waals surface area contributed by atoms with Gasteiger partial charge < -0.3 is 14.7 Å². The van der Waals surface area contributed by atoms with Crippen LogP contribution in [0.25, 0.3) is 0 Å². The Hall–Kier alpha value is -1.03. The minimum Gasteiger partial charge on any atom is -0.394 e. The number of rotatable bonds is 4. The van der Waals surface area contributed by atoms with Crippen LogP contribution in [0.3, 0.4) is 0 Å². The third-order valence-electron chi connectivity index (χ3n) is 3.10. The van der Waals surface area contributed by atoms with E-state index in [0.717, 1.165) is 0 Å². The number of carbonyl (C=O) groups excluding carboxylic acids is 1. The average Bonchev–Trinajstić information content (AvgIpc) is 2.33. The molecule has 0 aromatic rings. The molecule has 0 saturated carbocycles. The first-order valence-corrected chi connectivity index (χ1v) is 6.22. The number of carbonyl (C=O) groups is 1. The number of halogens is 6. The van der Waals surface area contributed by atoms with E-state index in [2.05, 4.69) is 0 Å². The third-order valence-corrected chi connectivity index (χ3v) is 3.10. The highest BCUT2D eigenvalue weighted by Crippen LogP contribution is 2.40. The van der Waals surface area contributed by atoms with Crippen LogP contribution in [-0.2, 0) is 9.53 Å². The van der Waals surface area contributed by atoms with Crippen LogP contribution in [0.4, 0.5) is 26.3 Å². The van der Waals surface area contributed by atoms with Gasteiger partial charge in [0, 0.05) is 13.1 Å². The molecule has 1 rings (SSSR count). The molecule has 1 fully saturated rings. The van der Waals surface area contributed by atoms with Gasteiger partial charge in [0.15, 0.2) is 0 Å². The van der Waals surface area contributed by atoms with Crippen molar-refractivity contribution in [1.29, 1.82) is 0 Å². The van der Waals surface area contributed by atoms with Crippen molar-refractivity contribution in [2.45, 2.75) is 31.3 Å². The Morgan fingerprint density at radius 2 is 1.62 bits per heavy atom. The van der Waals surface area contributed by atoms with Crippen molar-refractivity contribution in [3.63, 3.8) is 0 Å². The normalized spacial score (nSPS) is 18.4. The second-order valence-corrected chi connectivity index (χ2v) is 4.64. The molecule has 0 unspecified atom stereocenters. The zero-order valence-electron chi connectivity index (χ0n) is 10.9. The van der Waals surface area contributed by atoms with Crippen LogP contribution in [0.15, 0.2) is 0 Å². The van der Waals surface area contributed by atoms with Gasteiger partial charge in [0.25, 0.3) is 0 Å². The Labute approximate surface area is 116 Å². The molecule has 1 saturated heterocycles. The number of hydrogen-bond donors (Lipinski definition) is 1. The highest BCUT2D eigenvalue weighted by Gasteiger charge is 2.62. The number of ether oxygens (including phenoxy) is 1. The molecule has 0 spiro atoms. The van der Waals surface area contributed by atoms with Gasteiger partial charge in [-0.1, -0.05) is 0 Å². The summed E-state index contributed by atoms with van der Waals surface area (Å²) in [5, 5.41) is 8.55. The molecule has 4 nitrogen and oxygen atoms in total. The highest BCUT2D eigenvalue weighted by molar-refractivity contribution is 5.80. The number of piperidine rings is 1. The number of alkyl halides is 6. The third kappa shape index (κ3) is 5.03. The van der Waals surface area contributed by atoms with Gasteiger partial charge in [-0.05, 0) is 12.8 Å². The molecular weight excluding hydrogens is 308 g/mol. The molecule has 0 radical (unpaired) electrons. The van der Waals surface area contributed by atoms with Crippen LogP contribution in [-0.4, -0.2) is 60.7 Å². The summed E-state index contributed by atoms with van der Waals surface area (Å²) < 4.78 is 79.8. The van der Waals surface area contributed by atoms with Crippen LogP contribution < -0.4 is 0 Å². The zero-order chi connectivity index (χ0) is 16.3. The van der Waals surface area contributed by atoms with Crippen LogP contribution in [0.2, 0.25) is 0 Å². The fourth-order valence-corrected chi connectivity index (χ4v) is 2.11. The molecule has 10 heteroatoms. The van der Waals surface area contributed by atoms with Gasteiger partial charge >= 0.3 is 12.4 Å². The van der Waals surface area contributed by atoms with E-state index < -0.39 is 24.2 Å². The second-order valence-electron chi connectivity index (χ2n) is 4.64. The Morgan fingerprint density at radius 1 is 1.14 bits per heavy atom. The summed E-state index contributed by atoms with van der Waals surface area (Å²) in [6, 6.07) is 0. The summed E-state index contributed by atoms with van der Waals surface area (Å²) in [5.41, 5.74) is 0. The summed E-state index contributed by atoms with van der Waals surface area (Å²) in [6.07, 6.45) is -11.4. The Balaban J connectivity index is 2.67. The summed E-state index contributed by atoms with van der Waals surface area (Å²) in [7, 11) is 0. The monoisotopic (exact) mass is 323 g/mol. The van der Waals surface area contributed by atoms with E-state index in [4.69, 9.17) is 9.84 Å². The van der Waals surface area contributed by atoms with Gasteiger partial charge in [-0.2, -0.15) is 26.3 Å². The summed E-state index contributed by atoms with van der Waals surface area (Å²) in [5.74, 6) is -5.96. The molecule has 124 valence electrons. The van der Waals surface area contributed by atoms with E-state index in [-0.39, 0.29) is 45.2 Å². The van der Waals surface area contributed by atoms with Gasteiger partial charge in [-0.3, -0.25) is 4.79 Å². The number of hydrogen-bond acceptors (Lipinski definition) is 3. The van der Waals surface area contributed by atoms with Crippen LogP contribution in [0, 0.1) is 5.92 Å². The lowest BCUT2D eigenvalue weighted by molar-refractivity contribution is -0.278. The summed E-state index contributed by atoms with van der Waals surface area (Å²) in [4.78, 5) is 12.1. The maximum absolute atomic E-state index is 12.4. The molecule has 0 aromatic carbocycles. The fourth-order valence-electron chi connectivity index (χ4n) is 2.11. The quantitative estimate of drug-likeness (QED) is 0.802. The molecule has 1 heterocycles. The molecular formula is C11H15F6NO3. The predicted octanol–water partition coefficient (Wildman–Crippen LogP) is 1.73. The van der Waals surface area contributed by atoms with E-state index in [1.807, 2.05) is 0 Å². The number of nitrogens with zero attached hydrogens (tertiary/aromatic N) is 1. The van der Waals surface area contributed by atoms with Gasteiger partial charge in [-0.25, -0.2) is 0 Å². The van der Waals surface area contributed by atoms with Crippen LogP contribution in [0.5, 0.6) is 0 Å². The Bertz CT molecular complexity index is 335. The van der Waals surface area contributed by atoms with E-state index in [0.29, 0.717) is 4.90 Å². The lowest BCUT2D eigenvalue weighted by Gasteiger charge is -2.35. The topological polar surface area (TPSA) is 49.8 Å². The van der Waals surface area contributed by atoms with E-state index in [1.54, 1.807) is 0 Å². The minimum absolute atomic E-state index is 0.0341. The molecule has 1 N–H and O–H groups in total. The average molecular weight is 323 g/mol. The van der Waals surface area contributed by atoms with Crippen LogP contribution >= 0.6 is 0 Å². The van der Waals surface area contributed by atoms with E-state index >= 15 is 0 Å². The van der Waals surface area contributed by atoms with Gasteiger partial charge in [0.05, 0.1) is 19.3 Å². The molecule has 1 aliphatic heterocycles. The minimum atomic E-state index is -5.67. The number of likely N-dealkylation sites (tertiary alicyclic amines) is 1. The van der Waals surface area contributed by atoms with Gasteiger partial charge in [0.1, 0.15) is 0 Å². The molecule has 1 amide bonds. The second kappa shape index (κ2) is 6.82. The van der Waals surface area contributed by atoms with Crippen molar-refractivity contribution >= 4 is 5.91 Å². The van der Waals surface area contributed by atoms with Crippen molar-refractivity contribution in [2.75, 3.05) is 26.3 Å². The Kier molecular flexibility index (Phi) is 5.85. The summed E-state index contributed by atoms with van der Waals surface area (Å²) >= 11 is 0.